The van der Waals surface area contributed by atoms with E-state index >= 15 is 0 Å². The highest BCUT2D eigenvalue weighted by Crippen LogP contribution is 2.40. The van der Waals surface area contributed by atoms with E-state index in [1.165, 1.54) is 0 Å². The van der Waals surface area contributed by atoms with Crippen molar-refractivity contribution in [1.29, 1.82) is 0 Å². The van der Waals surface area contributed by atoms with Gasteiger partial charge in [0.15, 0.2) is 16.6 Å². The quantitative estimate of drug-likeness (QED) is 0.422. The maximum absolute atomic E-state index is 5.41. The average molecular weight is 446 g/mol. The third-order valence-electron chi connectivity index (χ3n) is 4.41. The smallest absolute Gasteiger partial charge is 0.227 e. The van der Waals surface area contributed by atoms with Crippen molar-refractivity contribution in [3.63, 3.8) is 0 Å². The standard InChI is InChI=1S/C21H27N5O4S/c1-13-19(31-21(24-13)23-8-6-10-27-2)15-7-9-22-20(26-15)25-14-11-16(28-3)18(30-5)17(12-14)29-4/h7,9,11-12H,6,8,10H2,1-5H3,(H,23,24)(H,22,25,26). The normalized spacial score (nSPS) is 10.6. The zero-order chi connectivity index (χ0) is 22.2. The Balaban J connectivity index is 1.81. The van der Waals surface area contributed by atoms with E-state index in [-0.39, 0.29) is 0 Å². The summed E-state index contributed by atoms with van der Waals surface area (Å²) in [4.78, 5) is 14.6. The number of nitrogens with zero attached hydrogens (tertiary/aromatic N) is 3. The van der Waals surface area contributed by atoms with Gasteiger partial charge in [0, 0.05) is 44.3 Å². The lowest BCUT2D eigenvalue weighted by Gasteiger charge is -2.14. The Hall–Kier alpha value is -3.11. The van der Waals surface area contributed by atoms with Gasteiger partial charge in [-0.2, -0.15) is 0 Å². The second kappa shape index (κ2) is 10.8. The van der Waals surface area contributed by atoms with E-state index in [1.54, 1.807) is 58.1 Å². The van der Waals surface area contributed by atoms with Crippen LogP contribution in [0.2, 0.25) is 0 Å². The minimum Gasteiger partial charge on any atom is -0.493 e. The van der Waals surface area contributed by atoms with Gasteiger partial charge in [-0.05, 0) is 19.4 Å². The Morgan fingerprint density at radius 1 is 1.00 bits per heavy atom. The van der Waals surface area contributed by atoms with Crippen molar-refractivity contribution in [3.8, 4) is 27.8 Å². The number of aromatic nitrogens is 3. The maximum Gasteiger partial charge on any atom is 0.227 e. The molecule has 0 radical (unpaired) electrons. The molecule has 0 atom stereocenters. The first-order valence-corrected chi connectivity index (χ1v) is 10.5. The molecule has 2 heterocycles. The molecule has 0 aliphatic rings. The molecule has 0 saturated heterocycles. The molecule has 0 bridgehead atoms. The third-order valence-corrected chi connectivity index (χ3v) is 5.54. The first-order chi connectivity index (χ1) is 15.1. The Bertz CT molecular complexity index is 986. The van der Waals surface area contributed by atoms with E-state index < -0.39 is 0 Å². The van der Waals surface area contributed by atoms with E-state index in [4.69, 9.17) is 18.9 Å². The number of aryl methyl sites for hydroxylation is 1. The summed E-state index contributed by atoms with van der Waals surface area (Å²) in [6.07, 6.45) is 2.63. The SMILES string of the molecule is COCCCNc1nc(C)c(-c2ccnc(Nc3cc(OC)c(OC)c(OC)c3)n2)s1. The monoisotopic (exact) mass is 445 g/mol. The van der Waals surface area contributed by atoms with Crippen molar-refractivity contribution in [3.05, 3.63) is 30.1 Å². The Morgan fingerprint density at radius 2 is 1.74 bits per heavy atom. The lowest BCUT2D eigenvalue weighted by Crippen LogP contribution is -2.04. The van der Waals surface area contributed by atoms with Gasteiger partial charge in [-0.25, -0.2) is 15.0 Å². The first kappa shape index (κ1) is 22.6. The summed E-state index contributed by atoms with van der Waals surface area (Å²) >= 11 is 1.57. The fourth-order valence-electron chi connectivity index (χ4n) is 2.95. The number of nitrogens with one attached hydrogen (secondary N) is 2. The number of rotatable bonds is 11. The molecule has 31 heavy (non-hydrogen) atoms. The minimum absolute atomic E-state index is 0.453. The fraction of sp³-hybridized carbons (Fsp3) is 0.381. The Morgan fingerprint density at radius 3 is 2.39 bits per heavy atom. The van der Waals surface area contributed by atoms with Crippen molar-refractivity contribution in [2.24, 2.45) is 0 Å². The number of hydrogen-bond donors (Lipinski definition) is 2. The number of hydrogen-bond acceptors (Lipinski definition) is 10. The van der Waals surface area contributed by atoms with Crippen molar-refractivity contribution in [1.82, 2.24) is 15.0 Å². The van der Waals surface area contributed by atoms with Crippen molar-refractivity contribution < 1.29 is 18.9 Å². The molecule has 0 amide bonds. The lowest BCUT2D eigenvalue weighted by molar-refractivity contribution is 0.198. The summed E-state index contributed by atoms with van der Waals surface area (Å²) in [5, 5.41) is 7.40. The van der Waals surface area contributed by atoms with Crippen LogP contribution in [0.15, 0.2) is 24.4 Å². The molecule has 2 aromatic heterocycles. The highest BCUT2D eigenvalue weighted by atomic mass is 32.1. The van der Waals surface area contributed by atoms with Gasteiger partial charge in [0.1, 0.15) is 0 Å². The molecule has 2 N–H and O–H groups in total. The van der Waals surface area contributed by atoms with Crippen LogP contribution in [0.3, 0.4) is 0 Å². The molecule has 0 aliphatic carbocycles. The minimum atomic E-state index is 0.453. The maximum atomic E-state index is 5.41. The predicted octanol–water partition coefficient (Wildman–Crippen LogP) is 4.13. The summed E-state index contributed by atoms with van der Waals surface area (Å²) in [5.41, 5.74) is 2.43. The molecule has 0 fully saturated rings. The Kier molecular flexibility index (Phi) is 7.85. The Labute approximate surface area is 185 Å². The third kappa shape index (κ3) is 5.53. The molecule has 0 saturated carbocycles. The number of benzene rings is 1. The molecule has 1 aromatic carbocycles. The summed E-state index contributed by atoms with van der Waals surface area (Å²) in [5.74, 6) is 2.07. The molecular weight excluding hydrogens is 418 g/mol. The molecule has 0 spiro atoms. The van der Waals surface area contributed by atoms with E-state index in [9.17, 15) is 0 Å². The average Bonchev–Trinajstić information content (AvgIpc) is 3.16. The summed E-state index contributed by atoms with van der Waals surface area (Å²) < 4.78 is 21.3. The topological polar surface area (TPSA) is 99.7 Å². The van der Waals surface area contributed by atoms with Crippen molar-refractivity contribution in [2.45, 2.75) is 13.3 Å². The number of thiazole rings is 1. The highest BCUT2D eigenvalue weighted by Gasteiger charge is 2.15. The van der Waals surface area contributed by atoms with Crippen LogP contribution < -0.4 is 24.8 Å². The zero-order valence-corrected chi connectivity index (χ0v) is 19.1. The van der Waals surface area contributed by atoms with Crippen LogP contribution >= 0.6 is 11.3 Å². The molecule has 10 heteroatoms. The van der Waals surface area contributed by atoms with Crippen molar-refractivity contribution >= 4 is 28.1 Å². The first-order valence-electron chi connectivity index (χ1n) is 9.70. The predicted molar refractivity (Wildman–Crippen MR) is 122 cm³/mol. The van der Waals surface area contributed by atoms with E-state index in [1.807, 2.05) is 13.0 Å². The lowest BCUT2D eigenvalue weighted by atomic mass is 10.2. The van der Waals surface area contributed by atoms with Crippen LogP contribution in [0.1, 0.15) is 12.1 Å². The van der Waals surface area contributed by atoms with Crippen LogP contribution in [-0.2, 0) is 4.74 Å². The molecule has 9 nitrogen and oxygen atoms in total. The van der Waals surface area contributed by atoms with Crippen LogP contribution in [0.5, 0.6) is 17.2 Å². The molecule has 166 valence electrons. The largest absolute Gasteiger partial charge is 0.493 e. The van der Waals surface area contributed by atoms with Gasteiger partial charge in [-0.3, -0.25) is 0 Å². The van der Waals surface area contributed by atoms with Crippen LogP contribution in [-0.4, -0.2) is 56.5 Å². The van der Waals surface area contributed by atoms with Gasteiger partial charge in [0.05, 0.1) is 37.6 Å². The van der Waals surface area contributed by atoms with Crippen LogP contribution in [0, 0.1) is 6.92 Å². The molecular formula is C21H27N5O4S. The van der Waals surface area contributed by atoms with Gasteiger partial charge < -0.3 is 29.6 Å². The molecule has 0 aliphatic heterocycles. The second-order valence-corrected chi connectivity index (χ2v) is 7.51. The van der Waals surface area contributed by atoms with Gasteiger partial charge in [0.2, 0.25) is 11.7 Å². The van der Waals surface area contributed by atoms with Gasteiger partial charge in [0.25, 0.3) is 0 Å². The fourth-order valence-corrected chi connectivity index (χ4v) is 3.91. The summed E-state index contributed by atoms with van der Waals surface area (Å²) in [6, 6.07) is 5.48. The summed E-state index contributed by atoms with van der Waals surface area (Å²) in [7, 11) is 6.42. The van der Waals surface area contributed by atoms with E-state index in [0.29, 0.717) is 35.5 Å². The highest BCUT2D eigenvalue weighted by molar-refractivity contribution is 7.19. The van der Waals surface area contributed by atoms with Gasteiger partial charge in [-0.15, -0.1) is 0 Å². The number of anilines is 3. The second-order valence-electron chi connectivity index (χ2n) is 6.51. The van der Waals surface area contributed by atoms with E-state index in [2.05, 4.69) is 25.6 Å². The van der Waals surface area contributed by atoms with Crippen LogP contribution in [0.4, 0.5) is 16.8 Å². The van der Waals surface area contributed by atoms with Crippen molar-refractivity contribution in [2.75, 3.05) is 52.2 Å². The van der Waals surface area contributed by atoms with Gasteiger partial charge >= 0.3 is 0 Å². The molecule has 0 unspecified atom stereocenters. The molecule has 3 rings (SSSR count). The molecule has 3 aromatic rings. The van der Waals surface area contributed by atoms with E-state index in [0.717, 1.165) is 34.4 Å². The van der Waals surface area contributed by atoms with Crippen LogP contribution in [0.25, 0.3) is 10.6 Å². The number of methoxy groups -OCH3 is 4. The van der Waals surface area contributed by atoms with Gasteiger partial charge in [-0.1, -0.05) is 11.3 Å². The zero-order valence-electron chi connectivity index (χ0n) is 18.3. The summed E-state index contributed by atoms with van der Waals surface area (Å²) in [6.45, 7) is 3.49. The number of ether oxygens (including phenoxy) is 4.